The Kier molecular flexibility index (Phi) is 32.3. The van der Waals surface area contributed by atoms with Gasteiger partial charge >= 0.3 is 0 Å². The van der Waals surface area contributed by atoms with Gasteiger partial charge in [0.15, 0.2) is 0 Å². The van der Waals surface area contributed by atoms with E-state index in [1.807, 2.05) is 44.2 Å². The molecular weight excluding hydrogens is 1520 g/mol. The Hall–Kier alpha value is -10.5. The summed E-state index contributed by atoms with van der Waals surface area (Å²) in [7, 11) is 0. The highest BCUT2D eigenvalue weighted by atomic mass is 35.5. The Morgan fingerprint density at radius 2 is 0.819 bits per heavy atom. The first-order chi connectivity index (χ1) is 55.3. The molecule has 0 saturated heterocycles. The van der Waals surface area contributed by atoms with E-state index in [4.69, 9.17) is 23.2 Å². The van der Waals surface area contributed by atoms with E-state index in [2.05, 4.69) is 141 Å². The van der Waals surface area contributed by atoms with Gasteiger partial charge in [-0.3, -0.25) is 4.79 Å². The maximum atomic E-state index is 14.1. The van der Waals surface area contributed by atoms with Crippen LogP contribution in [0.4, 0.5) is 60.2 Å². The van der Waals surface area contributed by atoms with Crippen molar-refractivity contribution in [2.24, 2.45) is 22.2 Å². The molecule has 24 nitrogen and oxygen atoms in total. The summed E-state index contributed by atoms with van der Waals surface area (Å²) >= 11 is 11.9. The van der Waals surface area contributed by atoms with Crippen LogP contribution in [0.3, 0.4) is 0 Å². The van der Waals surface area contributed by atoms with E-state index in [9.17, 15) is 54.3 Å². The molecule has 614 valence electrons. The van der Waals surface area contributed by atoms with E-state index >= 15 is 0 Å². The van der Waals surface area contributed by atoms with Gasteiger partial charge in [-0.25, -0.2) is 33.1 Å². The highest BCUT2D eigenvalue weighted by Crippen LogP contribution is 2.40. The van der Waals surface area contributed by atoms with Gasteiger partial charge in [0.05, 0.1) is 48.1 Å². The molecule has 0 aliphatic heterocycles. The number of benzene rings is 4. The minimum Gasteiger partial charge on any atom is -0.393 e. The Bertz CT molecular complexity index is 4750. The minimum atomic E-state index is -0.438. The number of aliphatic hydroxyl groups is 3. The molecule has 4 heterocycles. The lowest BCUT2D eigenvalue weighted by atomic mass is 9.73. The number of nitrogens with one attached hydrogen (secondary N) is 8. The highest BCUT2D eigenvalue weighted by Gasteiger charge is 2.39. The van der Waals surface area contributed by atoms with Crippen LogP contribution in [-0.4, -0.2) is 130 Å². The number of aryl methyl sites for hydroxylation is 3. The molecule has 12 rings (SSSR count). The average molecular weight is 1620 g/mol. The largest absolute Gasteiger partial charge is 0.393 e. The lowest BCUT2D eigenvalue weighted by Gasteiger charge is -2.40. The Morgan fingerprint density at radius 1 is 0.448 bits per heavy atom. The molecule has 0 bridgehead atoms. The fourth-order valence-electron chi connectivity index (χ4n) is 14.9. The van der Waals surface area contributed by atoms with Crippen LogP contribution >= 0.6 is 23.2 Å². The molecule has 116 heavy (non-hydrogen) atoms. The second-order valence-electron chi connectivity index (χ2n) is 32.6. The number of aromatic nitrogens is 8. The molecule has 8 aromatic rings. The van der Waals surface area contributed by atoms with Gasteiger partial charge in [-0.15, -0.1) is 0 Å². The predicted molar refractivity (Wildman–Crippen MR) is 449 cm³/mol. The van der Waals surface area contributed by atoms with Crippen LogP contribution in [0.15, 0.2) is 97.6 Å². The summed E-state index contributed by atoms with van der Waals surface area (Å²) in [5.41, 5.74) is 7.27. The summed E-state index contributed by atoms with van der Waals surface area (Å²) in [6, 6.07) is 30.1. The molecule has 6 atom stereocenters. The molecule has 4 fully saturated rings. The van der Waals surface area contributed by atoms with Gasteiger partial charge in [0.1, 0.15) is 93.0 Å². The zero-order chi connectivity index (χ0) is 83.9. The summed E-state index contributed by atoms with van der Waals surface area (Å²) in [6.07, 6.45) is 18.3. The number of carbonyl (C=O) groups is 1. The number of hydrogen-bond donors (Lipinski definition) is 11. The molecule has 4 aliphatic rings. The van der Waals surface area contributed by atoms with Crippen molar-refractivity contribution < 1.29 is 33.3 Å². The third-order valence-corrected chi connectivity index (χ3v) is 22.8. The molecule has 29 heteroatoms. The quantitative estimate of drug-likeness (QED) is 0.0253. The number of aliphatic hydroxyl groups excluding tert-OH is 3. The van der Waals surface area contributed by atoms with Crippen molar-refractivity contribution in [3.8, 4) is 24.3 Å². The second kappa shape index (κ2) is 41.9. The molecule has 0 amide bonds. The smallest absolute Gasteiger partial charge is 0.224 e. The summed E-state index contributed by atoms with van der Waals surface area (Å²) < 4.78 is 40.7. The fourth-order valence-corrected chi connectivity index (χ4v) is 15.3. The lowest BCUT2D eigenvalue weighted by Crippen LogP contribution is -2.41. The van der Waals surface area contributed by atoms with E-state index in [0.717, 1.165) is 99.6 Å². The maximum absolute atomic E-state index is 14.1. The number of nitrogens with zero attached hydrogens (tertiary/aromatic N) is 12. The first-order valence-corrected chi connectivity index (χ1v) is 40.4. The van der Waals surface area contributed by atoms with Crippen molar-refractivity contribution in [1.29, 1.82) is 21.0 Å². The van der Waals surface area contributed by atoms with E-state index in [-0.39, 0.29) is 87.1 Å². The molecule has 4 aromatic heterocycles. The number of ketones is 1. The minimum absolute atomic E-state index is 0.100. The van der Waals surface area contributed by atoms with Crippen LogP contribution in [0.2, 0.25) is 10.0 Å². The van der Waals surface area contributed by atoms with Gasteiger partial charge in [-0.05, 0) is 222 Å². The molecule has 11 N–H and O–H groups in total. The number of rotatable bonds is 25. The fraction of sp³-hybridized carbons (Fsp3) is 0.483. The van der Waals surface area contributed by atoms with Crippen molar-refractivity contribution in [1.82, 2.24) is 39.9 Å². The van der Waals surface area contributed by atoms with Crippen LogP contribution in [0.25, 0.3) is 0 Å². The van der Waals surface area contributed by atoms with Crippen LogP contribution < -0.4 is 42.5 Å². The van der Waals surface area contributed by atoms with Crippen LogP contribution in [0.1, 0.15) is 193 Å². The molecular formula is C87H107Cl2F3N20O4. The number of anilines is 8. The van der Waals surface area contributed by atoms with Gasteiger partial charge in [0, 0.05) is 61.3 Å². The molecule has 4 aliphatic carbocycles. The third-order valence-electron chi connectivity index (χ3n) is 22.2. The lowest BCUT2D eigenvalue weighted by molar-refractivity contribution is -0.121. The number of nitriles is 4. The molecule has 0 radical (unpaired) electrons. The van der Waals surface area contributed by atoms with Crippen molar-refractivity contribution in [3.63, 3.8) is 0 Å². The first-order valence-electron chi connectivity index (χ1n) is 39.7. The van der Waals surface area contributed by atoms with Crippen LogP contribution in [0, 0.1) is 106 Å². The van der Waals surface area contributed by atoms with Crippen molar-refractivity contribution in [3.05, 3.63) is 186 Å². The monoisotopic (exact) mass is 1620 g/mol. The normalized spacial score (nSPS) is 20.2. The maximum Gasteiger partial charge on any atom is 0.224 e. The van der Waals surface area contributed by atoms with E-state index in [1.165, 1.54) is 41.9 Å². The van der Waals surface area contributed by atoms with Crippen molar-refractivity contribution in [2.45, 2.75) is 221 Å². The summed E-state index contributed by atoms with van der Waals surface area (Å²) in [4.78, 5) is 46.3. The Morgan fingerprint density at radius 3 is 1.20 bits per heavy atom. The summed E-state index contributed by atoms with van der Waals surface area (Å²) in [5.74, 6) is 3.36. The molecule has 4 aromatic carbocycles. The van der Waals surface area contributed by atoms with Gasteiger partial charge in [-0.1, -0.05) is 107 Å². The first kappa shape index (κ1) is 89.4. The van der Waals surface area contributed by atoms with Crippen LogP contribution in [-0.2, 0) is 30.5 Å². The molecule has 0 unspecified atom stereocenters. The standard InChI is InChI=1S/C22H28ClN5O.2C22H28FN5O.C21H23ClFN5O/c1-14-4-5-17(23)10-15(14)8-9-25-21-26-13-16(12-24)20(28-21)27-18-6-7-19(29)22(2,3)11-18;1-14-10-15(4-6-18(14)23)8-9-25-21-26-13-16(12-24)20(28-21)27-17-5-7-19(29)22(2,3)11-17;1-14-5-4-6-15(19(14)23)9-10-25-21-26-13-16(12-24)20(28-21)27-17-7-8-18(29)22(2,3)11-17;1-13(29)15-3-5-17(6-4-15)27-20-16(11-24)12-26-21(28-20)25-9-8-14-2-7-19(23)18(22)10-14/h4-5,10,13,18-19,29H,6-9,11H2,1-3H3,(H2,25,26,27,28);4,6,10,13,17,19,29H,5,7-9,11H2,1-3H3,(H2,25,26,27,28);4-6,13,17-18,29H,7-11H2,1-3H3,(H2,25,26,27,28);2,7,10,12,15,17H,3-6,8-9H2,1H3,(H2,25,26,27,28)/t18-,19+;17-,19+;17-,18+;/m111./s1. The molecule has 0 spiro atoms. The predicted octanol–water partition coefficient (Wildman–Crippen LogP) is 16.3. The zero-order valence-electron chi connectivity index (χ0n) is 67.7. The second-order valence-corrected chi connectivity index (χ2v) is 33.5. The number of halogens is 5. The SMILES string of the molecule is CC(=O)C1CCC(Nc2nc(NCCc3ccc(F)c(Cl)c3)ncc2C#N)CC1.Cc1cc(CCNc2ncc(C#N)c(N[C@@H]3CC[C@H](O)C(C)(C)C3)n2)ccc1F.Cc1ccc(Cl)cc1CCNc1ncc(C#N)c(N[C@@H]2CC[C@H](O)C(C)(C)C2)n1.Cc1cccc(CCNc2ncc(C#N)c(N[C@@H]3CC[C@H](O)C(C)(C)C3)n2)c1F. The number of hydrogen-bond acceptors (Lipinski definition) is 24. The van der Waals surface area contributed by atoms with Gasteiger partial charge in [0.2, 0.25) is 23.8 Å². The topological polar surface area (TPSA) is 372 Å². The van der Waals surface area contributed by atoms with Gasteiger partial charge in [-0.2, -0.15) is 41.0 Å². The number of Topliss-reactive ketones (excluding diaryl/α,β-unsaturated/α-hetero) is 1. The van der Waals surface area contributed by atoms with Crippen molar-refractivity contribution >= 4 is 76.0 Å². The Balaban J connectivity index is 0.000000177. The summed E-state index contributed by atoms with van der Waals surface area (Å²) in [6.45, 7) is 21.8. The van der Waals surface area contributed by atoms with Crippen molar-refractivity contribution in [2.75, 3.05) is 68.7 Å². The average Bonchev–Trinajstić information content (AvgIpc) is 0.827. The molecule has 4 saturated carbocycles. The summed E-state index contributed by atoms with van der Waals surface area (Å²) in [5, 5.41) is 95.0. The van der Waals surface area contributed by atoms with Gasteiger partial charge in [0.25, 0.3) is 0 Å². The highest BCUT2D eigenvalue weighted by molar-refractivity contribution is 6.31. The van der Waals surface area contributed by atoms with E-state index in [0.29, 0.717) is 138 Å². The van der Waals surface area contributed by atoms with Crippen LogP contribution in [0.5, 0.6) is 0 Å². The Labute approximate surface area is 688 Å². The van der Waals surface area contributed by atoms with E-state index in [1.54, 1.807) is 57.3 Å². The zero-order valence-corrected chi connectivity index (χ0v) is 69.2. The third kappa shape index (κ3) is 26.0. The van der Waals surface area contributed by atoms with E-state index < -0.39 is 5.82 Å². The number of carbonyl (C=O) groups excluding carboxylic acids is 1. The van der Waals surface area contributed by atoms with Gasteiger partial charge < -0.3 is 57.9 Å².